The van der Waals surface area contributed by atoms with Gasteiger partial charge in [-0.15, -0.1) is 0 Å². The molecule has 1 unspecified atom stereocenters. The van der Waals surface area contributed by atoms with E-state index >= 15 is 0 Å². The zero-order chi connectivity index (χ0) is 32.2. The van der Waals surface area contributed by atoms with Crippen LogP contribution in [0, 0.1) is 0 Å². The lowest BCUT2D eigenvalue weighted by molar-refractivity contribution is -0.150. The molecule has 0 amide bonds. The fourth-order valence-electron chi connectivity index (χ4n) is 5.15. The number of carbonyl (C=O) groups excluding carboxylic acids is 1. The number of carbonyl (C=O) groups is 2. The quantitative estimate of drug-likeness (QED) is 0.0466. The van der Waals surface area contributed by atoms with Gasteiger partial charge < -0.3 is 9.84 Å². The Kier molecular flexibility index (Phi) is 33.2. The van der Waals surface area contributed by atoms with Crippen LogP contribution in [0.25, 0.3) is 0 Å². The van der Waals surface area contributed by atoms with Crippen LogP contribution in [-0.4, -0.2) is 23.1 Å². The normalized spacial score (nSPS) is 13.0. The van der Waals surface area contributed by atoms with Crippen molar-refractivity contribution in [2.45, 2.75) is 180 Å². The summed E-state index contributed by atoms with van der Waals surface area (Å²) in [6, 6.07) is 0. The highest BCUT2D eigenvalue weighted by Gasteiger charge is 2.13. The van der Waals surface area contributed by atoms with Gasteiger partial charge in [-0.3, -0.25) is 9.59 Å². The molecule has 0 rings (SSSR count). The van der Waals surface area contributed by atoms with E-state index in [0.29, 0.717) is 12.8 Å². The van der Waals surface area contributed by atoms with Crippen LogP contribution in [0.2, 0.25) is 0 Å². The SMILES string of the molecule is CC/C=C\C/C=C\C/C=C\C/C=C\C/C=C\CCCCCC(=O)OC(CCC)CCCCCCCCCCCCCC(=O)O. The van der Waals surface area contributed by atoms with E-state index < -0.39 is 5.97 Å². The lowest BCUT2D eigenvalue weighted by Crippen LogP contribution is -2.18. The Hall–Kier alpha value is -2.36. The minimum atomic E-state index is -0.677. The van der Waals surface area contributed by atoms with Crippen LogP contribution in [0.1, 0.15) is 174 Å². The molecule has 0 bridgehead atoms. The molecule has 1 N–H and O–H groups in total. The Balaban J connectivity index is 3.68. The van der Waals surface area contributed by atoms with E-state index in [0.717, 1.165) is 103 Å². The van der Waals surface area contributed by atoms with Crippen molar-refractivity contribution in [3.63, 3.8) is 0 Å². The summed E-state index contributed by atoms with van der Waals surface area (Å²) in [5.74, 6) is -0.690. The Morgan fingerprint density at radius 1 is 0.523 bits per heavy atom. The lowest BCUT2D eigenvalue weighted by atomic mass is 10.0. The van der Waals surface area contributed by atoms with E-state index in [2.05, 4.69) is 74.6 Å². The average molecular weight is 613 g/mol. The van der Waals surface area contributed by atoms with E-state index in [1.807, 2.05) is 0 Å². The van der Waals surface area contributed by atoms with Gasteiger partial charge in [-0.05, 0) is 77.0 Å². The molecule has 0 aliphatic rings. The Morgan fingerprint density at radius 2 is 0.955 bits per heavy atom. The third kappa shape index (κ3) is 34.1. The van der Waals surface area contributed by atoms with Gasteiger partial charge in [0.2, 0.25) is 0 Å². The molecule has 0 radical (unpaired) electrons. The van der Waals surface area contributed by atoms with Crippen molar-refractivity contribution in [3.05, 3.63) is 60.8 Å². The maximum absolute atomic E-state index is 12.4. The Labute approximate surface area is 272 Å². The monoisotopic (exact) mass is 613 g/mol. The van der Waals surface area contributed by atoms with E-state index in [9.17, 15) is 9.59 Å². The third-order valence-electron chi connectivity index (χ3n) is 7.73. The second-order valence-electron chi connectivity index (χ2n) is 12.0. The first-order valence-electron chi connectivity index (χ1n) is 18.3. The first-order valence-corrected chi connectivity index (χ1v) is 18.3. The molecule has 0 saturated heterocycles. The second kappa shape index (κ2) is 35.1. The molecule has 0 spiro atoms. The highest BCUT2D eigenvalue weighted by atomic mass is 16.5. The van der Waals surface area contributed by atoms with Crippen molar-refractivity contribution in [1.29, 1.82) is 0 Å². The van der Waals surface area contributed by atoms with Crippen molar-refractivity contribution < 1.29 is 19.4 Å². The summed E-state index contributed by atoms with van der Waals surface area (Å²) < 4.78 is 5.84. The maximum Gasteiger partial charge on any atom is 0.306 e. The topological polar surface area (TPSA) is 63.6 Å². The molecule has 1 atom stereocenters. The number of hydrogen-bond donors (Lipinski definition) is 1. The number of ether oxygens (including phenoxy) is 1. The molecule has 0 aromatic carbocycles. The van der Waals surface area contributed by atoms with E-state index in [-0.39, 0.29) is 12.1 Å². The molecular weight excluding hydrogens is 544 g/mol. The smallest absolute Gasteiger partial charge is 0.306 e. The first kappa shape index (κ1) is 41.6. The molecule has 0 aromatic rings. The fraction of sp³-hybridized carbons (Fsp3) is 0.700. The van der Waals surface area contributed by atoms with E-state index in [1.54, 1.807) is 0 Å². The lowest BCUT2D eigenvalue weighted by Gasteiger charge is -2.17. The molecule has 44 heavy (non-hydrogen) atoms. The van der Waals surface area contributed by atoms with Crippen LogP contribution in [0.3, 0.4) is 0 Å². The van der Waals surface area contributed by atoms with Crippen LogP contribution in [0.5, 0.6) is 0 Å². The Morgan fingerprint density at radius 3 is 1.45 bits per heavy atom. The van der Waals surface area contributed by atoms with E-state index in [4.69, 9.17) is 9.84 Å². The molecule has 0 fully saturated rings. The number of allylic oxidation sites excluding steroid dienone is 10. The summed E-state index contributed by atoms with van der Waals surface area (Å²) in [5, 5.41) is 8.66. The van der Waals surface area contributed by atoms with Gasteiger partial charge >= 0.3 is 11.9 Å². The first-order chi connectivity index (χ1) is 21.6. The van der Waals surface area contributed by atoms with Gasteiger partial charge in [0.15, 0.2) is 0 Å². The molecule has 0 aliphatic heterocycles. The van der Waals surface area contributed by atoms with Gasteiger partial charge in [0.05, 0.1) is 0 Å². The largest absolute Gasteiger partial charge is 0.481 e. The van der Waals surface area contributed by atoms with Crippen LogP contribution in [0.15, 0.2) is 60.8 Å². The van der Waals surface area contributed by atoms with Crippen LogP contribution >= 0.6 is 0 Å². The summed E-state index contributed by atoms with van der Waals surface area (Å²) in [5.41, 5.74) is 0. The zero-order valence-corrected chi connectivity index (χ0v) is 28.7. The molecule has 0 aliphatic carbocycles. The highest BCUT2D eigenvalue weighted by molar-refractivity contribution is 5.69. The van der Waals surface area contributed by atoms with Gasteiger partial charge in [0.1, 0.15) is 6.10 Å². The molecule has 0 heterocycles. The summed E-state index contributed by atoms with van der Waals surface area (Å²) in [6.07, 6.45) is 48.6. The zero-order valence-electron chi connectivity index (χ0n) is 28.7. The van der Waals surface area contributed by atoms with Crippen molar-refractivity contribution in [3.8, 4) is 0 Å². The van der Waals surface area contributed by atoms with Gasteiger partial charge in [0.25, 0.3) is 0 Å². The third-order valence-corrected chi connectivity index (χ3v) is 7.73. The van der Waals surface area contributed by atoms with Crippen molar-refractivity contribution in [2.75, 3.05) is 0 Å². The second-order valence-corrected chi connectivity index (χ2v) is 12.0. The van der Waals surface area contributed by atoms with Crippen molar-refractivity contribution in [1.82, 2.24) is 0 Å². The number of unbranched alkanes of at least 4 members (excludes halogenated alkanes) is 13. The standard InChI is InChI=1S/C40H68O4/c1-3-5-6-7-8-9-10-11-12-13-14-15-16-17-21-24-27-30-33-37-40(43)44-38(34-4-2)35-31-28-25-22-19-18-20-23-26-29-32-36-39(41)42/h5-6,8-9,11-12,14-15,17,21,38H,3-4,7,10,13,16,18-20,22-37H2,1-2H3,(H,41,42)/b6-5-,9-8-,12-11-,15-14-,21-17-. The summed E-state index contributed by atoms with van der Waals surface area (Å²) in [7, 11) is 0. The van der Waals surface area contributed by atoms with Gasteiger partial charge in [-0.1, -0.05) is 145 Å². The predicted molar refractivity (Wildman–Crippen MR) is 190 cm³/mol. The van der Waals surface area contributed by atoms with Crippen molar-refractivity contribution >= 4 is 11.9 Å². The summed E-state index contributed by atoms with van der Waals surface area (Å²) >= 11 is 0. The molecule has 0 aromatic heterocycles. The summed E-state index contributed by atoms with van der Waals surface area (Å²) in [4.78, 5) is 22.9. The van der Waals surface area contributed by atoms with Crippen LogP contribution in [0.4, 0.5) is 0 Å². The minimum absolute atomic E-state index is 0.0127. The fourth-order valence-corrected chi connectivity index (χ4v) is 5.15. The average Bonchev–Trinajstić information content (AvgIpc) is 3.00. The highest BCUT2D eigenvalue weighted by Crippen LogP contribution is 2.17. The predicted octanol–water partition coefficient (Wildman–Crippen LogP) is 12.6. The maximum atomic E-state index is 12.4. The minimum Gasteiger partial charge on any atom is -0.481 e. The molecule has 252 valence electrons. The molecule has 0 saturated carbocycles. The van der Waals surface area contributed by atoms with Gasteiger partial charge in [-0.2, -0.15) is 0 Å². The van der Waals surface area contributed by atoms with Gasteiger partial charge in [0, 0.05) is 12.8 Å². The van der Waals surface area contributed by atoms with Crippen LogP contribution < -0.4 is 0 Å². The van der Waals surface area contributed by atoms with E-state index in [1.165, 1.54) is 44.9 Å². The number of carboxylic acids is 1. The number of carboxylic acid groups (broad SMARTS) is 1. The van der Waals surface area contributed by atoms with Crippen LogP contribution in [-0.2, 0) is 14.3 Å². The number of rotatable bonds is 32. The number of aliphatic carboxylic acids is 1. The number of esters is 1. The molecule has 4 nitrogen and oxygen atoms in total. The molecular formula is C40H68O4. The van der Waals surface area contributed by atoms with Gasteiger partial charge in [-0.25, -0.2) is 0 Å². The molecule has 4 heteroatoms. The van der Waals surface area contributed by atoms with Crippen molar-refractivity contribution in [2.24, 2.45) is 0 Å². The number of hydrogen-bond acceptors (Lipinski definition) is 3. The summed E-state index contributed by atoms with van der Waals surface area (Å²) in [6.45, 7) is 4.33. The Bertz CT molecular complexity index is 789.